The van der Waals surface area contributed by atoms with E-state index in [9.17, 15) is 26.4 Å². The maximum Gasteiger partial charge on any atom is 0.266 e. The molecule has 25 heavy (non-hydrogen) atoms. The Kier molecular flexibility index (Phi) is 5.12. The minimum Gasteiger partial charge on any atom is -0.268 e. The molecule has 2 aliphatic heterocycles. The molecule has 2 aliphatic rings. The number of carbonyl (C=O) groups is 2. The Balaban J connectivity index is 0.000000173. The molecule has 0 radical (unpaired) electrons. The molecule has 0 bridgehead atoms. The number of sulfonamides is 2. The molecule has 2 amide bonds. The quantitative estimate of drug-likeness (QED) is 0.575. The van der Waals surface area contributed by atoms with Crippen molar-refractivity contribution in [1.82, 2.24) is 9.44 Å². The summed E-state index contributed by atoms with van der Waals surface area (Å²) >= 11 is 0. The van der Waals surface area contributed by atoms with Gasteiger partial charge in [-0.2, -0.15) is 0 Å². The molecule has 0 aromatic heterocycles. The molecule has 4 rings (SSSR count). The van der Waals surface area contributed by atoms with Gasteiger partial charge in [-0.05, 0) is 24.3 Å². The third kappa shape index (κ3) is 3.48. The summed E-state index contributed by atoms with van der Waals surface area (Å²) < 4.78 is 48.3. The zero-order valence-corrected chi connectivity index (χ0v) is 17.2. The van der Waals surface area contributed by atoms with Gasteiger partial charge in [-0.3, -0.25) is 9.59 Å². The standard InChI is InChI=1S/2C7H5NO3S.Zn/c2*9-7-5-3-1-2-4-6(5)12(10,11)8-7;/h2*1-4H,(H,8,9);. The first kappa shape index (κ1) is 19.2. The Morgan fingerprint density at radius 2 is 0.920 bits per heavy atom. The van der Waals surface area contributed by atoms with Gasteiger partial charge in [-0.1, -0.05) is 24.3 Å². The fraction of sp³-hybridized carbons (Fsp3) is 0. The molecule has 11 heteroatoms. The summed E-state index contributed by atoms with van der Waals surface area (Å²) in [6.07, 6.45) is 0. The van der Waals surface area contributed by atoms with Crippen LogP contribution >= 0.6 is 0 Å². The zero-order chi connectivity index (χ0) is 17.5. The summed E-state index contributed by atoms with van der Waals surface area (Å²) in [5.74, 6) is -1.10. The second-order valence-corrected chi connectivity index (χ2v) is 8.16. The van der Waals surface area contributed by atoms with Gasteiger partial charge in [-0.25, -0.2) is 26.3 Å². The van der Waals surface area contributed by atoms with Crippen LogP contribution in [0.3, 0.4) is 0 Å². The van der Waals surface area contributed by atoms with Crippen molar-refractivity contribution >= 4 is 31.9 Å². The number of hydrogen-bond acceptors (Lipinski definition) is 6. The predicted molar refractivity (Wildman–Crippen MR) is 82.2 cm³/mol. The van der Waals surface area contributed by atoms with Crippen molar-refractivity contribution in [2.45, 2.75) is 9.79 Å². The van der Waals surface area contributed by atoms with E-state index in [2.05, 4.69) is 0 Å². The Morgan fingerprint density at radius 3 is 1.24 bits per heavy atom. The Bertz CT molecular complexity index is 993. The van der Waals surface area contributed by atoms with Crippen LogP contribution in [0.15, 0.2) is 58.3 Å². The van der Waals surface area contributed by atoms with Crippen molar-refractivity contribution in [3.05, 3.63) is 59.7 Å². The summed E-state index contributed by atoms with van der Waals surface area (Å²) in [5, 5.41) is 0. The fourth-order valence-electron chi connectivity index (χ4n) is 2.24. The topological polar surface area (TPSA) is 126 Å². The third-order valence-corrected chi connectivity index (χ3v) is 6.07. The van der Waals surface area contributed by atoms with Gasteiger partial charge >= 0.3 is 0 Å². The summed E-state index contributed by atoms with van der Waals surface area (Å²) in [7, 11) is -7.11. The first-order valence-corrected chi connectivity index (χ1v) is 9.51. The van der Waals surface area contributed by atoms with Crippen molar-refractivity contribution in [3.8, 4) is 0 Å². The number of benzene rings is 2. The first-order chi connectivity index (χ1) is 11.2. The molecule has 2 heterocycles. The van der Waals surface area contributed by atoms with Gasteiger partial charge in [0.15, 0.2) is 0 Å². The maximum atomic E-state index is 11.1. The molecule has 0 saturated heterocycles. The molecule has 8 nitrogen and oxygen atoms in total. The molecule has 2 aromatic rings. The van der Waals surface area contributed by atoms with Crippen molar-refractivity contribution < 1.29 is 45.9 Å². The molecule has 0 atom stereocenters. The molecule has 0 saturated carbocycles. The van der Waals surface area contributed by atoms with Gasteiger partial charge in [-0.15, -0.1) is 0 Å². The summed E-state index contributed by atoms with van der Waals surface area (Å²) in [4.78, 5) is 22.1. The van der Waals surface area contributed by atoms with E-state index in [-0.39, 0.29) is 40.4 Å². The Hall–Kier alpha value is -2.10. The summed E-state index contributed by atoms with van der Waals surface area (Å²) in [6, 6.07) is 12.2. The van der Waals surface area contributed by atoms with Gasteiger partial charge in [0.25, 0.3) is 31.9 Å². The van der Waals surface area contributed by atoms with E-state index in [1.807, 2.05) is 9.44 Å². The van der Waals surface area contributed by atoms with Crippen LogP contribution in [0, 0.1) is 0 Å². The fourth-order valence-corrected chi connectivity index (χ4v) is 4.59. The van der Waals surface area contributed by atoms with Crippen LogP contribution in [-0.2, 0) is 39.5 Å². The van der Waals surface area contributed by atoms with Crippen LogP contribution in [0.25, 0.3) is 0 Å². The van der Waals surface area contributed by atoms with E-state index in [0.717, 1.165) is 0 Å². The van der Waals surface area contributed by atoms with Crippen LogP contribution in [0.2, 0.25) is 0 Å². The summed E-state index contributed by atoms with van der Waals surface area (Å²) in [6.45, 7) is 0. The van der Waals surface area contributed by atoms with Crippen LogP contribution in [-0.4, -0.2) is 28.6 Å². The molecule has 0 unspecified atom stereocenters. The molecule has 2 aromatic carbocycles. The molecule has 2 N–H and O–H groups in total. The van der Waals surface area contributed by atoms with Crippen LogP contribution < -0.4 is 9.44 Å². The molecule has 126 valence electrons. The molecule has 0 aliphatic carbocycles. The minimum absolute atomic E-state index is 0. The molecular formula is C14H10N2O6S2Zn. The smallest absolute Gasteiger partial charge is 0.266 e. The number of fused-ring (bicyclic) bond motifs is 2. The van der Waals surface area contributed by atoms with Crippen molar-refractivity contribution in [3.63, 3.8) is 0 Å². The second kappa shape index (κ2) is 6.66. The predicted octanol–water partition coefficient (Wildman–Crippen LogP) is 0.235. The van der Waals surface area contributed by atoms with E-state index in [1.165, 1.54) is 24.3 Å². The van der Waals surface area contributed by atoms with E-state index in [4.69, 9.17) is 0 Å². The van der Waals surface area contributed by atoms with Crippen molar-refractivity contribution in [2.24, 2.45) is 0 Å². The second-order valence-electron chi connectivity index (χ2n) is 4.86. The Labute approximate surface area is 156 Å². The van der Waals surface area contributed by atoms with E-state index in [0.29, 0.717) is 0 Å². The first-order valence-electron chi connectivity index (χ1n) is 6.55. The minimum atomic E-state index is -3.55. The van der Waals surface area contributed by atoms with E-state index >= 15 is 0 Å². The molecule has 0 fully saturated rings. The molecular weight excluding hydrogens is 422 g/mol. The van der Waals surface area contributed by atoms with Gasteiger partial charge < -0.3 is 0 Å². The normalized spacial score (nSPS) is 17.8. The van der Waals surface area contributed by atoms with Gasteiger partial charge in [0.05, 0.1) is 11.1 Å². The zero-order valence-electron chi connectivity index (χ0n) is 12.6. The number of carbonyl (C=O) groups excluding carboxylic acids is 2. The van der Waals surface area contributed by atoms with Gasteiger partial charge in [0, 0.05) is 19.5 Å². The van der Waals surface area contributed by atoms with Gasteiger partial charge in [0.1, 0.15) is 9.79 Å². The van der Waals surface area contributed by atoms with Crippen LogP contribution in [0.4, 0.5) is 0 Å². The number of amides is 2. The Morgan fingerprint density at radius 1 is 0.600 bits per heavy atom. The number of hydrogen-bond donors (Lipinski definition) is 2. The molecule has 0 spiro atoms. The van der Waals surface area contributed by atoms with Gasteiger partial charge in [0.2, 0.25) is 0 Å². The average molecular weight is 432 g/mol. The third-order valence-electron chi connectivity index (χ3n) is 3.30. The van der Waals surface area contributed by atoms with Crippen LogP contribution in [0.5, 0.6) is 0 Å². The van der Waals surface area contributed by atoms with Crippen molar-refractivity contribution in [1.29, 1.82) is 0 Å². The largest absolute Gasteiger partial charge is 0.268 e. The van der Waals surface area contributed by atoms with Crippen LogP contribution in [0.1, 0.15) is 20.7 Å². The van der Waals surface area contributed by atoms with E-state index in [1.54, 1.807) is 24.3 Å². The number of rotatable bonds is 0. The average Bonchev–Trinajstić information content (AvgIpc) is 2.91. The number of nitrogens with one attached hydrogen (secondary N) is 2. The monoisotopic (exact) mass is 430 g/mol. The SMILES string of the molecule is O=C1NS(=O)(=O)c2ccccc21.O=C1NS(=O)(=O)c2ccccc21.[Zn]. The summed E-state index contributed by atoms with van der Waals surface area (Å²) in [5.41, 5.74) is 0.440. The van der Waals surface area contributed by atoms with E-state index < -0.39 is 31.9 Å². The van der Waals surface area contributed by atoms with Crippen molar-refractivity contribution in [2.75, 3.05) is 0 Å². The maximum absolute atomic E-state index is 11.1.